The van der Waals surface area contributed by atoms with Crippen LogP contribution in [0.3, 0.4) is 0 Å². The molecule has 2 aliphatic rings. The van der Waals surface area contributed by atoms with Gasteiger partial charge in [0.15, 0.2) is 0 Å². The van der Waals surface area contributed by atoms with E-state index in [0.29, 0.717) is 16.7 Å². The molecule has 7 heteroatoms. The Bertz CT molecular complexity index is 560. The summed E-state index contributed by atoms with van der Waals surface area (Å²) in [5.41, 5.74) is 0.956. The van der Waals surface area contributed by atoms with Crippen LogP contribution in [0.15, 0.2) is 18.2 Å². The van der Waals surface area contributed by atoms with Crippen LogP contribution < -0.4 is 4.74 Å². The molecule has 1 aromatic rings. The molecular formula is C17H23ClO6. The second-order valence-corrected chi connectivity index (χ2v) is 6.92. The van der Waals surface area contributed by atoms with Crippen LogP contribution in [0.25, 0.3) is 0 Å². The van der Waals surface area contributed by atoms with Gasteiger partial charge in [0.25, 0.3) is 0 Å². The molecule has 0 radical (unpaired) electrons. The van der Waals surface area contributed by atoms with Crippen molar-refractivity contribution in [2.45, 2.75) is 62.3 Å². The number of ether oxygens (including phenoxy) is 2. The largest absolute Gasteiger partial charge is 0.462 e. The summed E-state index contributed by atoms with van der Waals surface area (Å²) < 4.78 is 11.2. The Morgan fingerprint density at radius 1 is 1.08 bits per heavy atom. The Hall–Kier alpha value is -0.890. The molecule has 0 amide bonds. The number of aliphatic hydroxyl groups excluding tert-OH is 4. The molecule has 1 saturated carbocycles. The lowest BCUT2D eigenvalue weighted by Crippen LogP contribution is -2.60. The average Bonchev–Trinajstić information content (AvgIpc) is 3.11. The van der Waals surface area contributed by atoms with Crippen LogP contribution in [0.4, 0.5) is 0 Å². The maximum absolute atomic E-state index is 10.1. The number of hydrogen-bond donors (Lipinski definition) is 4. The van der Waals surface area contributed by atoms with Crippen molar-refractivity contribution >= 4 is 11.6 Å². The van der Waals surface area contributed by atoms with Gasteiger partial charge in [0.1, 0.15) is 30.2 Å². The van der Waals surface area contributed by atoms with Crippen LogP contribution in [-0.4, -0.2) is 57.7 Å². The van der Waals surface area contributed by atoms with E-state index in [9.17, 15) is 20.4 Å². The molecule has 1 saturated heterocycles. The molecule has 0 unspecified atom stereocenters. The summed E-state index contributed by atoms with van der Waals surface area (Å²) in [5.74, 6) is 0.874. The maximum atomic E-state index is 10.1. The Labute approximate surface area is 145 Å². The number of hydrogen-bond acceptors (Lipinski definition) is 6. The van der Waals surface area contributed by atoms with Gasteiger partial charge in [-0.05, 0) is 42.5 Å². The zero-order valence-corrected chi connectivity index (χ0v) is 14.0. The highest BCUT2D eigenvalue weighted by atomic mass is 35.5. The van der Waals surface area contributed by atoms with Crippen molar-refractivity contribution in [2.24, 2.45) is 0 Å². The predicted molar refractivity (Wildman–Crippen MR) is 87.1 cm³/mol. The molecule has 0 aromatic heterocycles. The minimum atomic E-state index is -1.46. The summed E-state index contributed by atoms with van der Waals surface area (Å²) in [6, 6.07) is 5.27. The highest BCUT2D eigenvalue weighted by Crippen LogP contribution is 2.40. The van der Waals surface area contributed by atoms with Gasteiger partial charge in [-0.2, -0.15) is 0 Å². The van der Waals surface area contributed by atoms with Crippen LogP contribution in [0.2, 0.25) is 5.02 Å². The van der Waals surface area contributed by atoms with E-state index in [1.807, 2.05) is 6.07 Å². The van der Waals surface area contributed by atoms with E-state index in [1.165, 1.54) is 0 Å². The first kappa shape index (κ1) is 17.9. The van der Waals surface area contributed by atoms with Crippen molar-refractivity contribution in [3.8, 4) is 5.75 Å². The zero-order valence-electron chi connectivity index (χ0n) is 13.2. The Balaban J connectivity index is 1.82. The third-order valence-corrected chi connectivity index (χ3v) is 5.09. The van der Waals surface area contributed by atoms with Crippen molar-refractivity contribution in [1.82, 2.24) is 0 Å². The van der Waals surface area contributed by atoms with Gasteiger partial charge in [-0.15, -0.1) is 0 Å². The molecule has 3 rings (SSSR count). The second kappa shape index (κ2) is 7.56. The lowest BCUT2D eigenvalue weighted by atomic mass is 9.96. The zero-order chi connectivity index (χ0) is 17.3. The minimum absolute atomic E-state index is 0.337. The first-order chi connectivity index (χ1) is 11.5. The summed E-state index contributed by atoms with van der Waals surface area (Å²) in [7, 11) is 0. The van der Waals surface area contributed by atoms with Gasteiger partial charge >= 0.3 is 0 Å². The standard InChI is InChI=1S/C17H23ClO6/c18-10-5-6-12(11(7-10)9-3-1-2-4-9)23-17-16(22)15(21)14(20)13(8-19)24-17/h5-7,9,13-17,19-22H,1-4,8H2/t13-,14+,15+,16+,17-/m1/s1. The summed E-state index contributed by atoms with van der Waals surface area (Å²) in [6.45, 7) is -0.485. The van der Waals surface area contributed by atoms with Gasteiger partial charge in [0.2, 0.25) is 6.29 Å². The van der Waals surface area contributed by atoms with Gasteiger partial charge in [0, 0.05) is 5.02 Å². The third kappa shape index (κ3) is 3.54. The molecule has 1 aromatic carbocycles. The van der Waals surface area contributed by atoms with Gasteiger partial charge in [0.05, 0.1) is 6.61 Å². The fourth-order valence-electron chi connectivity index (χ4n) is 3.47. The molecule has 2 fully saturated rings. The predicted octanol–water partition coefficient (Wildman–Crippen LogP) is 1.18. The first-order valence-electron chi connectivity index (χ1n) is 8.28. The van der Waals surface area contributed by atoms with Gasteiger partial charge in [-0.3, -0.25) is 0 Å². The maximum Gasteiger partial charge on any atom is 0.229 e. The molecule has 0 spiro atoms. The van der Waals surface area contributed by atoms with E-state index >= 15 is 0 Å². The smallest absolute Gasteiger partial charge is 0.229 e. The highest BCUT2D eigenvalue weighted by molar-refractivity contribution is 6.30. The Morgan fingerprint density at radius 3 is 2.46 bits per heavy atom. The molecule has 6 nitrogen and oxygen atoms in total. The molecule has 1 aliphatic carbocycles. The van der Waals surface area contributed by atoms with E-state index in [2.05, 4.69) is 0 Å². The summed E-state index contributed by atoms with van der Waals surface area (Å²) >= 11 is 6.11. The van der Waals surface area contributed by atoms with E-state index in [0.717, 1.165) is 31.2 Å². The number of benzene rings is 1. The number of halogens is 1. The van der Waals surface area contributed by atoms with Crippen LogP contribution in [-0.2, 0) is 4.74 Å². The summed E-state index contributed by atoms with van der Waals surface area (Å²) in [4.78, 5) is 0. The molecule has 134 valence electrons. The Kier molecular flexibility index (Phi) is 5.64. The van der Waals surface area contributed by atoms with Gasteiger partial charge < -0.3 is 29.9 Å². The molecule has 4 N–H and O–H groups in total. The first-order valence-corrected chi connectivity index (χ1v) is 8.65. The number of rotatable bonds is 4. The normalized spacial score (nSPS) is 34.5. The lowest BCUT2D eigenvalue weighted by Gasteiger charge is -2.39. The van der Waals surface area contributed by atoms with Gasteiger partial charge in [-0.25, -0.2) is 0 Å². The molecule has 24 heavy (non-hydrogen) atoms. The SMILES string of the molecule is OC[C@H]1O[C@@H](Oc2ccc(Cl)cc2C2CCCC2)[C@@H](O)[C@@H](O)[C@H]1O. The van der Waals surface area contributed by atoms with E-state index in [4.69, 9.17) is 21.1 Å². The van der Waals surface area contributed by atoms with Gasteiger partial charge in [-0.1, -0.05) is 24.4 Å². The number of aliphatic hydroxyl groups is 4. The van der Waals surface area contributed by atoms with Crippen LogP contribution >= 0.6 is 11.6 Å². The van der Waals surface area contributed by atoms with Crippen molar-refractivity contribution in [2.75, 3.05) is 6.61 Å². The molecular weight excluding hydrogens is 336 g/mol. The minimum Gasteiger partial charge on any atom is -0.462 e. The van der Waals surface area contributed by atoms with E-state index < -0.39 is 37.3 Å². The summed E-state index contributed by atoms with van der Waals surface area (Å²) in [5, 5.41) is 39.7. The third-order valence-electron chi connectivity index (χ3n) is 4.86. The second-order valence-electron chi connectivity index (χ2n) is 6.48. The van der Waals surface area contributed by atoms with Crippen molar-refractivity contribution < 1.29 is 29.9 Å². The van der Waals surface area contributed by atoms with Crippen LogP contribution in [0, 0.1) is 0 Å². The highest BCUT2D eigenvalue weighted by Gasteiger charge is 2.45. The molecule has 1 aliphatic heterocycles. The molecule has 0 bridgehead atoms. The van der Waals surface area contributed by atoms with Crippen molar-refractivity contribution in [3.05, 3.63) is 28.8 Å². The van der Waals surface area contributed by atoms with Crippen LogP contribution in [0.1, 0.15) is 37.2 Å². The summed E-state index contributed by atoms with van der Waals surface area (Å²) in [6.07, 6.45) is -2.05. The molecule has 5 atom stereocenters. The fourth-order valence-corrected chi connectivity index (χ4v) is 3.65. The van der Waals surface area contributed by atoms with Crippen LogP contribution in [0.5, 0.6) is 5.75 Å². The Morgan fingerprint density at radius 2 is 1.79 bits per heavy atom. The quantitative estimate of drug-likeness (QED) is 0.645. The van der Waals surface area contributed by atoms with E-state index in [1.54, 1.807) is 12.1 Å². The van der Waals surface area contributed by atoms with E-state index in [-0.39, 0.29) is 0 Å². The average molecular weight is 359 g/mol. The lowest BCUT2D eigenvalue weighted by molar-refractivity contribution is -0.277. The molecule has 1 heterocycles. The monoisotopic (exact) mass is 358 g/mol. The van der Waals surface area contributed by atoms with Crippen molar-refractivity contribution in [3.63, 3.8) is 0 Å². The van der Waals surface area contributed by atoms with Crippen molar-refractivity contribution in [1.29, 1.82) is 0 Å². The fraction of sp³-hybridized carbons (Fsp3) is 0.647. The topological polar surface area (TPSA) is 99.4 Å².